The Hall–Kier alpha value is -3.57. The summed E-state index contributed by atoms with van der Waals surface area (Å²) in [6.07, 6.45) is -3.28. The highest BCUT2D eigenvalue weighted by atomic mass is 35.5. The summed E-state index contributed by atoms with van der Waals surface area (Å²) in [5.74, 6) is -0.741. The molecule has 0 spiro atoms. The second kappa shape index (κ2) is 11.0. The summed E-state index contributed by atoms with van der Waals surface area (Å²) < 4.78 is 44.0. The second-order valence-electron chi connectivity index (χ2n) is 8.90. The predicted octanol–water partition coefficient (Wildman–Crippen LogP) is 6.99. The average Bonchev–Trinajstić information content (AvgIpc) is 2.83. The third-order valence-electron chi connectivity index (χ3n) is 5.73. The molecule has 1 amide bonds. The molecule has 9 heteroatoms. The Kier molecular flexibility index (Phi) is 8.26. The van der Waals surface area contributed by atoms with Crippen LogP contribution in [-0.4, -0.2) is 22.5 Å². The van der Waals surface area contributed by atoms with Crippen molar-refractivity contribution in [3.8, 4) is 5.88 Å². The van der Waals surface area contributed by atoms with Crippen molar-refractivity contribution in [2.75, 3.05) is 0 Å². The summed E-state index contributed by atoms with van der Waals surface area (Å²) in [5.41, 5.74) is 0.0589. The molecule has 36 heavy (non-hydrogen) atoms. The molecule has 0 aliphatic carbocycles. The summed E-state index contributed by atoms with van der Waals surface area (Å²) in [4.78, 5) is 20.4. The quantitative estimate of drug-likeness (QED) is 0.329. The first-order valence-corrected chi connectivity index (χ1v) is 11.5. The van der Waals surface area contributed by atoms with Gasteiger partial charge in [0, 0.05) is 29.2 Å². The maximum atomic E-state index is 13.2. The first kappa shape index (κ1) is 27.0. The summed E-state index contributed by atoms with van der Waals surface area (Å²) in [5, 5.41) is 3.58. The van der Waals surface area contributed by atoms with Crippen LogP contribution in [0.2, 0.25) is 5.02 Å². The fraction of sp³-hybridized carbons (Fsp3) is 0.296. The Morgan fingerprint density at radius 2 is 1.83 bits per heavy atom. The molecular weight excluding hydrogens is 491 g/mol. The molecule has 0 fully saturated rings. The van der Waals surface area contributed by atoms with Crippen molar-refractivity contribution in [3.63, 3.8) is 0 Å². The zero-order valence-corrected chi connectivity index (χ0v) is 20.7. The minimum Gasteiger partial charge on any atom is -0.462 e. The second-order valence-corrected chi connectivity index (χ2v) is 9.34. The Morgan fingerprint density at radius 3 is 2.42 bits per heavy atom. The fourth-order valence-electron chi connectivity index (χ4n) is 3.68. The van der Waals surface area contributed by atoms with Crippen molar-refractivity contribution in [1.82, 2.24) is 10.3 Å². The molecule has 3 aromatic rings. The first-order chi connectivity index (χ1) is 16.9. The molecule has 0 aliphatic rings. The molecule has 0 radical (unpaired) electrons. The van der Waals surface area contributed by atoms with Gasteiger partial charge in [-0.15, -0.1) is 0 Å². The van der Waals surface area contributed by atoms with E-state index in [0.717, 1.165) is 23.3 Å². The molecule has 3 rings (SSSR count). The Morgan fingerprint density at radius 1 is 1.14 bits per heavy atom. The van der Waals surface area contributed by atoms with Gasteiger partial charge in [-0.1, -0.05) is 53.6 Å². The van der Waals surface area contributed by atoms with Gasteiger partial charge in [0.2, 0.25) is 5.88 Å². The van der Waals surface area contributed by atoms with Crippen LogP contribution in [0.5, 0.6) is 5.88 Å². The van der Waals surface area contributed by atoms with E-state index in [1.54, 1.807) is 30.3 Å². The van der Waals surface area contributed by atoms with Crippen LogP contribution >= 0.6 is 11.6 Å². The lowest BCUT2D eigenvalue weighted by Crippen LogP contribution is -2.51. The topological polar surface area (TPSA) is 55.6 Å². The number of amides is 1. The van der Waals surface area contributed by atoms with Gasteiger partial charge in [0.15, 0.2) is 11.3 Å². The van der Waals surface area contributed by atoms with Crippen molar-refractivity contribution in [1.29, 1.82) is 0 Å². The standard InChI is InChI=1S/C27H25ClF3N3O2/c1-17(34-25(35)26(2,3)36-24-13-10-20(16-33-24)27(29,30)31)23(14-18-8-11-21(28)12-9-18)19-6-5-7-22(15-19)32-4/h5-13,15-17,23H,14H2,1-3H3,(H,34,35)/t17-,23+/m0/s1. The van der Waals surface area contributed by atoms with Crippen molar-refractivity contribution >= 4 is 23.2 Å². The van der Waals surface area contributed by atoms with E-state index in [-0.39, 0.29) is 17.8 Å². The van der Waals surface area contributed by atoms with Crippen LogP contribution < -0.4 is 10.1 Å². The number of rotatable bonds is 8. The molecule has 0 bridgehead atoms. The van der Waals surface area contributed by atoms with E-state index in [1.165, 1.54) is 13.8 Å². The fourth-order valence-corrected chi connectivity index (χ4v) is 3.81. The number of nitrogens with one attached hydrogen (secondary N) is 1. The molecule has 188 valence electrons. The van der Waals surface area contributed by atoms with E-state index in [4.69, 9.17) is 22.9 Å². The lowest BCUT2D eigenvalue weighted by atomic mass is 9.86. The van der Waals surface area contributed by atoms with Gasteiger partial charge in [-0.3, -0.25) is 4.79 Å². The molecule has 1 aromatic heterocycles. The van der Waals surface area contributed by atoms with Crippen LogP contribution in [0.25, 0.3) is 4.85 Å². The highest BCUT2D eigenvalue weighted by Gasteiger charge is 2.34. The van der Waals surface area contributed by atoms with Gasteiger partial charge in [-0.25, -0.2) is 9.83 Å². The van der Waals surface area contributed by atoms with E-state index in [9.17, 15) is 18.0 Å². The predicted molar refractivity (Wildman–Crippen MR) is 132 cm³/mol. The number of alkyl halides is 3. The molecule has 0 unspecified atom stereocenters. The van der Waals surface area contributed by atoms with Crippen LogP contribution in [0, 0.1) is 6.57 Å². The molecule has 1 heterocycles. The Labute approximate surface area is 213 Å². The normalized spacial score (nSPS) is 13.4. The molecular formula is C27H25ClF3N3O2. The number of hydrogen-bond donors (Lipinski definition) is 1. The number of ether oxygens (including phenoxy) is 1. The third kappa shape index (κ3) is 6.98. The molecule has 1 N–H and O–H groups in total. The summed E-state index contributed by atoms with van der Waals surface area (Å²) >= 11 is 6.02. The van der Waals surface area contributed by atoms with Gasteiger partial charge >= 0.3 is 6.18 Å². The summed E-state index contributed by atoms with van der Waals surface area (Å²) in [6.45, 7) is 12.2. The lowest BCUT2D eigenvalue weighted by molar-refractivity contribution is -0.138. The van der Waals surface area contributed by atoms with Crippen molar-refractivity contribution < 1.29 is 22.7 Å². The minimum atomic E-state index is -4.52. The van der Waals surface area contributed by atoms with Gasteiger partial charge < -0.3 is 10.1 Å². The van der Waals surface area contributed by atoms with E-state index in [1.807, 2.05) is 25.1 Å². The number of carbonyl (C=O) groups is 1. The number of pyridine rings is 1. The number of benzene rings is 2. The monoisotopic (exact) mass is 515 g/mol. The van der Waals surface area contributed by atoms with Crippen LogP contribution in [-0.2, 0) is 17.4 Å². The van der Waals surface area contributed by atoms with Gasteiger partial charge in [-0.05, 0) is 51.0 Å². The van der Waals surface area contributed by atoms with Crippen LogP contribution in [0.1, 0.15) is 43.4 Å². The van der Waals surface area contributed by atoms with Crippen LogP contribution in [0.15, 0.2) is 66.9 Å². The SMILES string of the molecule is [C-]#[N+]c1cccc([C@H](Cc2ccc(Cl)cc2)[C@H](C)NC(=O)C(C)(C)Oc2ccc(C(F)(F)F)cn2)c1. The third-order valence-corrected chi connectivity index (χ3v) is 5.98. The van der Waals surface area contributed by atoms with Crippen molar-refractivity contribution in [3.05, 3.63) is 100.0 Å². The smallest absolute Gasteiger partial charge is 0.417 e. The number of halogens is 4. The lowest BCUT2D eigenvalue weighted by Gasteiger charge is -2.31. The van der Waals surface area contributed by atoms with E-state index >= 15 is 0 Å². The maximum Gasteiger partial charge on any atom is 0.417 e. The first-order valence-electron chi connectivity index (χ1n) is 11.1. The van der Waals surface area contributed by atoms with E-state index in [0.29, 0.717) is 23.3 Å². The Bertz CT molecular complexity index is 1240. The maximum absolute atomic E-state index is 13.2. The molecule has 0 aliphatic heterocycles. The molecule has 2 aromatic carbocycles. The largest absolute Gasteiger partial charge is 0.462 e. The number of aromatic nitrogens is 1. The van der Waals surface area contributed by atoms with Gasteiger partial charge in [0.1, 0.15) is 0 Å². The van der Waals surface area contributed by atoms with Gasteiger partial charge in [0.25, 0.3) is 5.91 Å². The Balaban J connectivity index is 1.79. The number of nitrogens with zero attached hydrogens (tertiary/aromatic N) is 2. The number of carbonyl (C=O) groups excluding carboxylic acids is 1. The highest BCUT2D eigenvalue weighted by molar-refractivity contribution is 6.30. The van der Waals surface area contributed by atoms with E-state index in [2.05, 4.69) is 15.1 Å². The van der Waals surface area contributed by atoms with Crippen molar-refractivity contribution in [2.24, 2.45) is 0 Å². The summed E-state index contributed by atoms with van der Waals surface area (Å²) in [7, 11) is 0. The van der Waals surface area contributed by atoms with Gasteiger partial charge in [-0.2, -0.15) is 13.2 Å². The molecule has 0 saturated carbocycles. The average molecular weight is 516 g/mol. The zero-order valence-electron chi connectivity index (χ0n) is 19.9. The van der Waals surface area contributed by atoms with Crippen LogP contribution in [0.4, 0.5) is 18.9 Å². The van der Waals surface area contributed by atoms with Crippen molar-refractivity contribution in [2.45, 2.75) is 50.9 Å². The molecule has 0 saturated heterocycles. The molecule has 5 nitrogen and oxygen atoms in total. The van der Waals surface area contributed by atoms with Crippen LogP contribution in [0.3, 0.4) is 0 Å². The minimum absolute atomic E-state index is 0.0988. The molecule has 2 atom stereocenters. The summed E-state index contributed by atoms with van der Waals surface area (Å²) in [6, 6.07) is 16.2. The zero-order chi connectivity index (χ0) is 26.5. The van der Waals surface area contributed by atoms with E-state index < -0.39 is 23.2 Å². The van der Waals surface area contributed by atoms with Gasteiger partial charge in [0.05, 0.1) is 12.1 Å². The number of hydrogen-bond acceptors (Lipinski definition) is 3. The highest BCUT2D eigenvalue weighted by Crippen LogP contribution is 2.31.